The topological polar surface area (TPSA) is 59.9 Å². The molecule has 25 heavy (non-hydrogen) atoms. The summed E-state index contributed by atoms with van der Waals surface area (Å²) < 4.78 is 12.6. The molecule has 0 unspecified atom stereocenters. The first kappa shape index (κ1) is 19.8. The van der Waals surface area contributed by atoms with Crippen molar-refractivity contribution < 1.29 is 14.3 Å². The van der Waals surface area contributed by atoms with E-state index in [1.54, 1.807) is 24.3 Å². The SMILES string of the molecule is CCOc1c(Br)cc(Br)cc1C=NNC(=O)COc1ccc(Cl)cc1. The number of carbonyl (C=O) groups excluding carboxylic acids is 1. The zero-order valence-electron chi connectivity index (χ0n) is 13.3. The fourth-order valence-electron chi connectivity index (χ4n) is 1.86. The summed E-state index contributed by atoms with van der Waals surface area (Å²) in [5.74, 6) is 0.831. The number of nitrogens with zero attached hydrogens (tertiary/aromatic N) is 1. The molecule has 1 N–H and O–H groups in total. The highest BCUT2D eigenvalue weighted by atomic mass is 79.9. The molecule has 0 spiro atoms. The third kappa shape index (κ3) is 6.34. The molecule has 0 aliphatic rings. The Morgan fingerprint density at radius 3 is 2.64 bits per heavy atom. The Morgan fingerprint density at radius 2 is 1.96 bits per heavy atom. The van der Waals surface area contributed by atoms with Crippen LogP contribution in [-0.2, 0) is 4.79 Å². The van der Waals surface area contributed by atoms with Gasteiger partial charge in [-0.2, -0.15) is 5.10 Å². The van der Waals surface area contributed by atoms with Gasteiger partial charge in [0, 0.05) is 15.1 Å². The second-order valence-corrected chi connectivity index (χ2v) is 6.98. The van der Waals surface area contributed by atoms with Gasteiger partial charge in [-0.25, -0.2) is 5.43 Å². The van der Waals surface area contributed by atoms with Crippen molar-refractivity contribution in [3.63, 3.8) is 0 Å². The number of hydrogen-bond donors (Lipinski definition) is 1. The van der Waals surface area contributed by atoms with Crippen LogP contribution in [0.2, 0.25) is 5.02 Å². The van der Waals surface area contributed by atoms with Crippen LogP contribution in [0.5, 0.6) is 11.5 Å². The summed E-state index contributed by atoms with van der Waals surface area (Å²) in [7, 11) is 0. The predicted molar refractivity (Wildman–Crippen MR) is 106 cm³/mol. The molecular formula is C17H15Br2ClN2O3. The molecule has 0 aromatic heterocycles. The summed E-state index contributed by atoms with van der Waals surface area (Å²) in [6.45, 7) is 2.26. The van der Waals surface area contributed by atoms with Gasteiger partial charge >= 0.3 is 0 Å². The van der Waals surface area contributed by atoms with Gasteiger partial charge in [0.2, 0.25) is 0 Å². The van der Waals surface area contributed by atoms with Crippen molar-refractivity contribution in [2.75, 3.05) is 13.2 Å². The van der Waals surface area contributed by atoms with Crippen LogP contribution < -0.4 is 14.9 Å². The number of hydrogen-bond acceptors (Lipinski definition) is 4. The van der Waals surface area contributed by atoms with Gasteiger partial charge in [0.25, 0.3) is 5.91 Å². The Balaban J connectivity index is 1.93. The van der Waals surface area contributed by atoms with E-state index in [-0.39, 0.29) is 12.5 Å². The van der Waals surface area contributed by atoms with Crippen molar-refractivity contribution >= 4 is 55.6 Å². The van der Waals surface area contributed by atoms with E-state index in [0.717, 1.165) is 14.5 Å². The standard InChI is InChI=1S/C17H15Br2ClN2O3/c1-2-24-17-11(7-12(18)8-15(17)19)9-21-22-16(23)10-25-14-5-3-13(20)4-6-14/h3-9H,2,10H2,1H3,(H,22,23). The van der Waals surface area contributed by atoms with E-state index in [2.05, 4.69) is 42.4 Å². The third-order valence-corrected chi connectivity index (χ3v) is 4.20. The van der Waals surface area contributed by atoms with E-state index in [0.29, 0.717) is 23.1 Å². The molecule has 8 heteroatoms. The van der Waals surface area contributed by atoms with E-state index < -0.39 is 0 Å². The van der Waals surface area contributed by atoms with Crippen molar-refractivity contribution in [2.45, 2.75) is 6.92 Å². The van der Waals surface area contributed by atoms with E-state index in [9.17, 15) is 4.79 Å². The lowest BCUT2D eigenvalue weighted by Crippen LogP contribution is -2.24. The number of amides is 1. The molecule has 0 saturated heterocycles. The number of carbonyl (C=O) groups is 1. The largest absolute Gasteiger partial charge is 0.492 e. The lowest BCUT2D eigenvalue weighted by Gasteiger charge is -2.10. The summed E-state index contributed by atoms with van der Waals surface area (Å²) in [6.07, 6.45) is 1.51. The number of benzene rings is 2. The summed E-state index contributed by atoms with van der Waals surface area (Å²) in [6, 6.07) is 10.5. The molecule has 0 atom stereocenters. The average Bonchev–Trinajstić information content (AvgIpc) is 2.57. The Labute approximate surface area is 167 Å². The van der Waals surface area contributed by atoms with Gasteiger partial charge in [0.15, 0.2) is 6.61 Å². The maximum Gasteiger partial charge on any atom is 0.277 e. The van der Waals surface area contributed by atoms with Crippen LogP contribution in [0, 0.1) is 0 Å². The van der Waals surface area contributed by atoms with Crippen LogP contribution in [0.25, 0.3) is 0 Å². The summed E-state index contributed by atoms with van der Waals surface area (Å²) in [4.78, 5) is 11.8. The minimum absolute atomic E-state index is 0.153. The number of ether oxygens (including phenoxy) is 2. The van der Waals surface area contributed by atoms with Crippen LogP contribution in [0.15, 0.2) is 50.4 Å². The summed E-state index contributed by atoms with van der Waals surface area (Å²) >= 11 is 12.6. The third-order valence-electron chi connectivity index (χ3n) is 2.90. The molecule has 0 aliphatic heterocycles. The fraction of sp³-hybridized carbons (Fsp3) is 0.176. The zero-order valence-corrected chi connectivity index (χ0v) is 17.2. The fourth-order valence-corrected chi connectivity index (χ4v) is 3.36. The maximum absolute atomic E-state index is 11.8. The number of rotatable bonds is 7. The molecule has 0 bridgehead atoms. The molecule has 0 heterocycles. The first-order valence-electron chi connectivity index (χ1n) is 7.31. The smallest absolute Gasteiger partial charge is 0.277 e. The molecule has 5 nitrogen and oxygen atoms in total. The van der Waals surface area contributed by atoms with E-state index in [4.69, 9.17) is 21.1 Å². The maximum atomic E-state index is 11.8. The second kappa shape index (κ2) is 9.79. The molecule has 2 aromatic rings. The molecule has 2 rings (SSSR count). The van der Waals surface area contributed by atoms with Crippen molar-refractivity contribution in [1.82, 2.24) is 5.43 Å². The van der Waals surface area contributed by atoms with E-state index in [1.807, 2.05) is 19.1 Å². The van der Waals surface area contributed by atoms with Crippen LogP contribution in [0.1, 0.15) is 12.5 Å². The Morgan fingerprint density at radius 1 is 1.24 bits per heavy atom. The Bertz CT molecular complexity index is 767. The lowest BCUT2D eigenvalue weighted by molar-refractivity contribution is -0.123. The van der Waals surface area contributed by atoms with Crippen LogP contribution in [-0.4, -0.2) is 25.3 Å². The zero-order chi connectivity index (χ0) is 18.2. The molecule has 1 amide bonds. The highest BCUT2D eigenvalue weighted by Gasteiger charge is 2.08. The molecule has 0 aliphatic carbocycles. The predicted octanol–water partition coefficient (Wildman–Crippen LogP) is 4.79. The van der Waals surface area contributed by atoms with Gasteiger partial charge < -0.3 is 9.47 Å². The average molecular weight is 491 g/mol. The molecule has 132 valence electrons. The number of halogens is 3. The first-order valence-corrected chi connectivity index (χ1v) is 9.28. The van der Waals surface area contributed by atoms with Gasteiger partial charge in [-0.05, 0) is 59.3 Å². The highest BCUT2D eigenvalue weighted by molar-refractivity contribution is 9.11. The lowest BCUT2D eigenvalue weighted by atomic mass is 10.2. The van der Waals surface area contributed by atoms with Crippen molar-refractivity contribution in [3.05, 3.63) is 55.9 Å². The summed E-state index contributed by atoms with van der Waals surface area (Å²) in [5, 5.41) is 4.55. The number of hydrazone groups is 1. The van der Waals surface area contributed by atoms with Crippen LogP contribution in [0.4, 0.5) is 0 Å². The van der Waals surface area contributed by atoms with Gasteiger partial charge in [0.05, 0.1) is 17.3 Å². The normalized spacial score (nSPS) is 10.7. The molecule has 0 saturated carbocycles. The van der Waals surface area contributed by atoms with Gasteiger partial charge in [-0.3, -0.25) is 4.79 Å². The molecular weight excluding hydrogens is 475 g/mol. The summed E-state index contributed by atoms with van der Waals surface area (Å²) in [5.41, 5.74) is 3.14. The quantitative estimate of drug-likeness (QED) is 0.448. The van der Waals surface area contributed by atoms with Crippen molar-refractivity contribution in [2.24, 2.45) is 5.10 Å². The van der Waals surface area contributed by atoms with Crippen LogP contribution in [0.3, 0.4) is 0 Å². The van der Waals surface area contributed by atoms with Gasteiger partial charge in [-0.15, -0.1) is 0 Å². The van der Waals surface area contributed by atoms with Crippen molar-refractivity contribution in [3.8, 4) is 11.5 Å². The molecule has 0 radical (unpaired) electrons. The Hall–Kier alpha value is -1.57. The number of nitrogens with one attached hydrogen (secondary N) is 1. The van der Waals surface area contributed by atoms with E-state index in [1.165, 1.54) is 6.21 Å². The van der Waals surface area contributed by atoms with Crippen molar-refractivity contribution in [1.29, 1.82) is 0 Å². The minimum Gasteiger partial charge on any atom is -0.492 e. The highest BCUT2D eigenvalue weighted by Crippen LogP contribution is 2.32. The first-order chi connectivity index (χ1) is 12.0. The molecule has 0 fully saturated rings. The monoisotopic (exact) mass is 488 g/mol. The van der Waals surface area contributed by atoms with Crippen LogP contribution >= 0.6 is 43.5 Å². The minimum atomic E-state index is -0.377. The Kier molecular flexibility index (Phi) is 7.74. The van der Waals surface area contributed by atoms with Gasteiger partial charge in [-0.1, -0.05) is 27.5 Å². The van der Waals surface area contributed by atoms with Gasteiger partial charge in [0.1, 0.15) is 11.5 Å². The molecule has 2 aromatic carbocycles. The van der Waals surface area contributed by atoms with E-state index >= 15 is 0 Å². The second-order valence-electron chi connectivity index (χ2n) is 4.77.